The first-order valence-corrected chi connectivity index (χ1v) is 18.1. The summed E-state index contributed by atoms with van der Waals surface area (Å²) >= 11 is 0. The molecule has 1 heterocycles. The van der Waals surface area contributed by atoms with E-state index in [0.717, 1.165) is 21.1 Å². The molecule has 0 aliphatic heterocycles. The number of rotatable bonds is 9. The summed E-state index contributed by atoms with van der Waals surface area (Å²) in [5.74, 6) is 0. The second-order valence-electron chi connectivity index (χ2n) is 12.9. The average Bonchev–Trinajstić information content (AvgIpc) is 2.76. The maximum Gasteiger partial charge on any atom is 0.136 e. The van der Waals surface area contributed by atoms with Gasteiger partial charge in [-0.25, -0.2) is 0 Å². The quantitative estimate of drug-likeness (QED) is 0.136. The van der Waals surface area contributed by atoms with Crippen LogP contribution in [0.25, 0.3) is 43.5 Å². The number of anilines is 9. The Balaban J connectivity index is 1.29. The Morgan fingerprint density at radius 3 is 1.25 bits per heavy atom. The van der Waals surface area contributed by atoms with E-state index in [2.05, 4.69) is 0 Å². The molecular weight excluding hydrogens is 731 g/mol. The fourth-order valence-electron chi connectivity index (χ4n) is 6.97. The maximum atomic E-state index is 10.3. The standard InChI is InChI=1S/C56H39N3O/c1-5-17-42(18-6-1)57(43-19-7-2-8-20-43)46-25-15-26-47(37-46)58(44-21-9-3-10-22-44)48-27-16-28-49(38-48)59(45-23-11-4-12-24-45)50-33-34-51-40(35-50)31-32-41-36-56-54(39-53(41)51)52-29-13-14-30-55(52)60-56/h1-39H/i1D,2D,3D,4D,5D,6D,7D,8D,9D,10D,11D,12D,15D,16D,17D,18D,19D,20D,21D,22D,23D,24D,25D,26D,27D,28D,37D,38D. The zero-order chi connectivity index (χ0) is 64.2. The van der Waals surface area contributed by atoms with Gasteiger partial charge in [0.15, 0.2) is 0 Å². The second kappa shape index (κ2) is 15.0. The summed E-state index contributed by atoms with van der Waals surface area (Å²) in [6, 6.07) is -12.3. The molecule has 0 radical (unpaired) electrons. The molecule has 1 aromatic heterocycles. The molecule has 60 heavy (non-hydrogen) atoms. The molecule has 0 bridgehead atoms. The number of para-hydroxylation sites is 5. The van der Waals surface area contributed by atoms with E-state index in [1.165, 1.54) is 12.1 Å². The zero-order valence-electron chi connectivity index (χ0n) is 58.6. The average molecular weight is 798 g/mol. The van der Waals surface area contributed by atoms with Gasteiger partial charge in [0.2, 0.25) is 0 Å². The summed E-state index contributed by atoms with van der Waals surface area (Å²) in [6.45, 7) is 0. The fourth-order valence-corrected chi connectivity index (χ4v) is 6.97. The molecule has 4 heteroatoms. The van der Waals surface area contributed by atoms with Crippen molar-refractivity contribution in [2.75, 3.05) is 14.7 Å². The Bertz CT molecular complexity index is 4770. The molecule has 0 fully saturated rings. The molecule has 0 atom stereocenters. The molecule has 4 nitrogen and oxygen atoms in total. The largest absolute Gasteiger partial charge is 0.456 e. The Morgan fingerprint density at radius 2 is 0.733 bits per heavy atom. The lowest BCUT2D eigenvalue weighted by atomic mass is 9.99. The molecule has 10 aromatic carbocycles. The van der Waals surface area contributed by atoms with Crippen LogP contribution in [0.1, 0.15) is 38.4 Å². The first kappa shape index (κ1) is 16.6. The number of hydrogen-bond donors (Lipinski definition) is 0. The SMILES string of the molecule is [2H]c1c([2H])c([2H])c(N(c2ccc3c(ccc4cc5oc6ccccc6c5cc43)c2)c2c([2H])c([2H])c([2H])c(N(c3c([2H])c([2H])c([2H])c([2H])c3[2H])c3c([2H])c([2H])c([2H])c(N(c4c([2H])c([2H])c([2H])c([2H])c4[2H])c4c([2H])c([2H])c([2H])c([2H])c4[2H])c3[2H])c2[2H])c([2H])c1[2H]. The van der Waals surface area contributed by atoms with Crippen LogP contribution in [0.4, 0.5) is 51.2 Å². The van der Waals surface area contributed by atoms with E-state index < -0.39 is 215 Å². The molecule has 0 spiro atoms. The maximum absolute atomic E-state index is 10.3. The Kier molecular flexibility index (Phi) is 4.17. The first-order chi connectivity index (χ1) is 41.4. The second-order valence-corrected chi connectivity index (χ2v) is 12.9. The third-order valence-electron chi connectivity index (χ3n) is 9.51. The molecular formula is C56H39N3O. The van der Waals surface area contributed by atoms with E-state index in [1.807, 2.05) is 36.4 Å². The van der Waals surface area contributed by atoms with Crippen molar-refractivity contribution in [3.05, 3.63) is 236 Å². The van der Waals surface area contributed by atoms with Crippen molar-refractivity contribution < 1.29 is 42.8 Å². The lowest BCUT2D eigenvalue weighted by Gasteiger charge is -2.31. The van der Waals surface area contributed by atoms with E-state index in [1.54, 1.807) is 18.2 Å². The van der Waals surface area contributed by atoms with Crippen molar-refractivity contribution in [2.45, 2.75) is 0 Å². The van der Waals surface area contributed by atoms with Gasteiger partial charge in [-0.3, -0.25) is 0 Å². The molecule has 0 unspecified atom stereocenters. The minimum atomic E-state index is -1.40. The molecule has 0 aliphatic rings. The summed E-state index contributed by atoms with van der Waals surface area (Å²) in [5.41, 5.74) is -7.59. The predicted octanol–water partition coefficient (Wildman–Crippen LogP) is 16.3. The molecule has 11 rings (SSSR count). The lowest BCUT2D eigenvalue weighted by Crippen LogP contribution is -2.14. The molecule has 0 N–H and O–H groups in total. The van der Waals surface area contributed by atoms with Crippen molar-refractivity contribution >= 4 is 94.7 Å². The van der Waals surface area contributed by atoms with Crippen molar-refractivity contribution in [3.63, 3.8) is 0 Å². The normalized spacial score (nSPS) is 17.9. The van der Waals surface area contributed by atoms with Crippen LogP contribution in [0.3, 0.4) is 0 Å². The highest BCUT2D eigenvalue weighted by molar-refractivity contribution is 6.16. The highest BCUT2D eigenvalue weighted by Crippen LogP contribution is 2.44. The van der Waals surface area contributed by atoms with Gasteiger partial charge in [0, 0.05) is 62.0 Å². The Labute approximate surface area is 388 Å². The predicted molar refractivity (Wildman–Crippen MR) is 253 cm³/mol. The van der Waals surface area contributed by atoms with Gasteiger partial charge in [-0.15, -0.1) is 0 Å². The minimum absolute atomic E-state index is 0.163. The van der Waals surface area contributed by atoms with Gasteiger partial charge >= 0.3 is 0 Å². The Hall–Kier alpha value is -8.08. The molecule has 11 aromatic rings. The van der Waals surface area contributed by atoms with Crippen molar-refractivity contribution in [2.24, 2.45) is 0 Å². The van der Waals surface area contributed by atoms with Gasteiger partial charge in [0.05, 0.1) is 38.4 Å². The van der Waals surface area contributed by atoms with Crippen LogP contribution in [0.15, 0.2) is 240 Å². The van der Waals surface area contributed by atoms with E-state index in [0.29, 0.717) is 37.1 Å². The number of furan rings is 1. The van der Waals surface area contributed by atoms with E-state index in [9.17, 15) is 16.4 Å². The van der Waals surface area contributed by atoms with Crippen molar-refractivity contribution in [1.29, 1.82) is 0 Å². The summed E-state index contributed by atoms with van der Waals surface area (Å²) in [4.78, 5) is 1.48. The van der Waals surface area contributed by atoms with Gasteiger partial charge < -0.3 is 19.1 Å². The van der Waals surface area contributed by atoms with Gasteiger partial charge in [0.1, 0.15) is 11.2 Å². The summed E-state index contributed by atoms with van der Waals surface area (Å²) < 4.78 is 261. The van der Waals surface area contributed by atoms with Gasteiger partial charge in [-0.05, 0) is 136 Å². The molecule has 0 aliphatic carbocycles. The highest BCUT2D eigenvalue weighted by atomic mass is 16.3. The van der Waals surface area contributed by atoms with Crippen LogP contribution >= 0.6 is 0 Å². The number of benzene rings is 10. The van der Waals surface area contributed by atoms with Gasteiger partial charge in [-0.1, -0.05) is 121 Å². The first-order valence-electron chi connectivity index (χ1n) is 32.1. The fraction of sp³-hybridized carbons (Fsp3) is 0. The number of fused-ring (bicyclic) bond motifs is 6. The monoisotopic (exact) mass is 797 g/mol. The van der Waals surface area contributed by atoms with Crippen LogP contribution in [0.5, 0.6) is 0 Å². The van der Waals surface area contributed by atoms with Gasteiger partial charge in [0.25, 0.3) is 0 Å². The summed E-state index contributed by atoms with van der Waals surface area (Å²) in [6.07, 6.45) is 0. The van der Waals surface area contributed by atoms with Crippen LogP contribution in [0, 0.1) is 0 Å². The van der Waals surface area contributed by atoms with Gasteiger partial charge in [-0.2, -0.15) is 0 Å². The third kappa shape index (κ3) is 6.37. The van der Waals surface area contributed by atoms with Crippen molar-refractivity contribution in [1.82, 2.24) is 0 Å². The van der Waals surface area contributed by atoms with E-state index in [-0.39, 0.29) is 5.69 Å². The van der Waals surface area contributed by atoms with Crippen molar-refractivity contribution in [3.8, 4) is 0 Å². The molecule has 0 saturated heterocycles. The highest BCUT2D eigenvalue weighted by Gasteiger charge is 2.20. The molecule has 0 saturated carbocycles. The molecule has 0 amide bonds. The van der Waals surface area contributed by atoms with Crippen LogP contribution in [-0.2, 0) is 0 Å². The minimum Gasteiger partial charge on any atom is -0.456 e. The smallest absolute Gasteiger partial charge is 0.136 e. The lowest BCUT2D eigenvalue weighted by molar-refractivity contribution is 0.669. The summed E-state index contributed by atoms with van der Waals surface area (Å²) in [7, 11) is 0. The van der Waals surface area contributed by atoms with E-state index in [4.69, 9.17) is 26.3 Å². The Morgan fingerprint density at radius 1 is 0.300 bits per heavy atom. The van der Waals surface area contributed by atoms with E-state index >= 15 is 0 Å². The number of nitrogens with zero attached hydrogens (tertiary/aromatic N) is 3. The molecule has 284 valence electrons. The third-order valence-corrected chi connectivity index (χ3v) is 9.51. The van der Waals surface area contributed by atoms with Crippen LogP contribution in [-0.4, -0.2) is 0 Å². The van der Waals surface area contributed by atoms with Crippen LogP contribution in [0.2, 0.25) is 0 Å². The number of hydrogen-bond acceptors (Lipinski definition) is 4. The topological polar surface area (TPSA) is 22.9 Å². The summed E-state index contributed by atoms with van der Waals surface area (Å²) in [5, 5.41) is 4.01. The van der Waals surface area contributed by atoms with Crippen LogP contribution < -0.4 is 14.7 Å². The zero-order valence-corrected chi connectivity index (χ0v) is 30.6.